The molecule has 1 N–H and O–H groups in total. The van der Waals surface area contributed by atoms with E-state index in [-0.39, 0.29) is 5.91 Å². The summed E-state index contributed by atoms with van der Waals surface area (Å²) in [6.07, 6.45) is 0. The molecule has 23 heavy (non-hydrogen) atoms. The standard InChI is InChI=1S/C16H19N5OS/c1-3-21-15(12(2)19-20-21)16(22)18-8-9-23-11-14-7-5-4-6-13(14)10-17/h4-7H,3,8-9,11H2,1-2H3,(H,18,22). The molecule has 1 aromatic heterocycles. The summed E-state index contributed by atoms with van der Waals surface area (Å²) in [4.78, 5) is 12.2. The third-order valence-corrected chi connectivity index (χ3v) is 4.35. The fourth-order valence-corrected chi connectivity index (χ4v) is 3.02. The van der Waals surface area contributed by atoms with E-state index in [1.807, 2.05) is 31.2 Å². The number of rotatable bonds is 7. The summed E-state index contributed by atoms with van der Waals surface area (Å²) in [6, 6.07) is 9.76. The zero-order valence-electron chi connectivity index (χ0n) is 13.2. The molecule has 0 fully saturated rings. The molecule has 1 aromatic carbocycles. The lowest BCUT2D eigenvalue weighted by molar-refractivity contribution is 0.0945. The van der Waals surface area contributed by atoms with E-state index < -0.39 is 0 Å². The van der Waals surface area contributed by atoms with Crippen LogP contribution >= 0.6 is 11.8 Å². The van der Waals surface area contributed by atoms with E-state index in [1.165, 1.54) is 0 Å². The molecule has 0 bridgehead atoms. The van der Waals surface area contributed by atoms with Gasteiger partial charge in [-0.15, -0.1) is 5.10 Å². The number of hydrogen-bond acceptors (Lipinski definition) is 5. The van der Waals surface area contributed by atoms with Crippen LogP contribution in [0.25, 0.3) is 0 Å². The Morgan fingerprint density at radius 2 is 2.22 bits per heavy atom. The highest BCUT2D eigenvalue weighted by Gasteiger charge is 2.16. The molecule has 7 heteroatoms. The van der Waals surface area contributed by atoms with Crippen molar-refractivity contribution in [2.75, 3.05) is 12.3 Å². The molecule has 0 spiro atoms. The molecule has 0 aliphatic carbocycles. The van der Waals surface area contributed by atoms with Crippen molar-refractivity contribution >= 4 is 17.7 Å². The Morgan fingerprint density at radius 3 is 2.96 bits per heavy atom. The van der Waals surface area contributed by atoms with Crippen LogP contribution in [-0.4, -0.2) is 33.2 Å². The van der Waals surface area contributed by atoms with Crippen LogP contribution in [-0.2, 0) is 12.3 Å². The minimum Gasteiger partial charge on any atom is -0.350 e. The van der Waals surface area contributed by atoms with Crippen LogP contribution in [0, 0.1) is 18.3 Å². The minimum absolute atomic E-state index is 0.146. The highest BCUT2D eigenvalue weighted by atomic mass is 32.2. The number of aromatic nitrogens is 3. The molecule has 2 aromatic rings. The molecule has 1 amide bonds. The Bertz CT molecular complexity index is 720. The van der Waals surface area contributed by atoms with E-state index in [0.29, 0.717) is 30.0 Å². The van der Waals surface area contributed by atoms with E-state index in [9.17, 15) is 4.79 Å². The Morgan fingerprint density at radius 1 is 1.43 bits per heavy atom. The van der Waals surface area contributed by atoms with Crippen molar-refractivity contribution in [1.29, 1.82) is 5.26 Å². The lowest BCUT2D eigenvalue weighted by Gasteiger charge is -2.07. The first-order valence-electron chi connectivity index (χ1n) is 7.41. The molecular weight excluding hydrogens is 310 g/mol. The van der Waals surface area contributed by atoms with Crippen LogP contribution in [0.2, 0.25) is 0 Å². The van der Waals surface area contributed by atoms with E-state index in [1.54, 1.807) is 23.4 Å². The van der Waals surface area contributed by atoms with E-state index >= 15 is 0 Å². The second-order valence-corrected chi connectivity index (χ2v) is 6.02. The minimum atomic E-state index is -0.146. The second kappa shape index (κ2) is 8.34. The Labute approximate surface area is 139 Å². The van der Waals surface area contributed by atoms with Crippen molar-refractivity contribution in [1.82, 2.24) is 20.3 Å². The number of nitriles is 1. The maximum absolute atomic E-state index is 12.2. The summed E-state index contributed by atoms with van der Waals surface area (Å²) in [7, 11) is 0. The summed E-state index contributed by atoms with van der Waals surface area (Å²) >= 11 is 1.69. The number of benzene rings is 1. The maximum atomic E-state index is 12.2. The maximum Gasteiger partial charge on any atom is 0.271 e. The van der Waals surface area contributed by atoms with Gasteiger partial charge in [-0.1, -0.05) is 23.4 Å². The van der Waals surface area contributed by atoms with Gasteiger partial charge in [0.1, 0.15) is 5.69 Å². The number of thioether (sulfide) groups is 1. The molecule has 6 nitrogen and oxygen atoms in total. The number of aryl methyl sites for hydroxylation is 2. The molecule has 2 rings (SSSR count). The van der Waals surface area contributed by atoms with Gasteiger partial charge in [-0.25, -0.2) is 4.68 Å². The van der Waals surface area contributed by atoms with Crippen LogP contribution in [0.3, 0.4) is 0 Å². The van der Waals surface area contributed by atoms with Crippen LogP contribution in [0.15, 0.2) is 24.3 Å². The quantitative estimate of drug-likeness (QED) is 0.787. The summed E-state index contributed by atoms with van der Waals surface area (Å²) in [5.41, 5.74) is 2.89. The fourth-order valence-electron chi connectivity index (χ4n) is 2.16. The number of carbonyl (C=O) groups excluding carboxylic acids is 1. The van der Waals surface area contributed by atoms with Gasteiger partial charge in [-0.2, -0.15) is 17.0 Å². The van der Waals surface area contributed by atoms with Crippen LogP contribution < -0.4 is 5.32 Å². The van der Waals surface area contributed by atoms with E-state index in [0.717, 1.165) is 17.1 Å². The molecule has 120 valence electrons. The Hall–Kier alpha value is -2.33. The summed E-state index contributed by atoms with van der Waals surface area (Å²) < 4.78 is 1.60. The Balaban J connectivity index is 1.78. The third-order valence-electron chi connectivity index (χ3n) is 3.35. The van der Waals surface area contributed by atoms with Gasteiger partial charge in [-0.3, -0.25) is 4.79 Å². The lowest BCUT2D eigenvalue weighted by atomic mass is 10.1. The average Bonchev–Trinajstić information content (AvgIpc) is 2.95. The normalized spacial score (nSPS) is 10.3. The third kappa shape index (κ3) is 4.33. The molecular formula is C16H19N5OS. The summed E-state index contributed by atoms with van der Waals surface area (Å²) in [6.45, 7) is 4.88. The van der Waals surface area contributed by atoms with Crippen molar-refractivity contribution in [2.24, 2.45) is 0 Å². The van der Waals surface area contributed by atoms with Crippen LogP contribution in [0.4, 0.5) is 0 Å². The molecule has 0 saturated heterocycles. The highest BCUT2D eigenvalue weighted by Crippen LogP contribution is 2.15. The second-order valence-electron chi connectivity index (χ2n) is 4.92. The van der Waals surface area contributed by atoms with Gasteiger partial charge < -0.3 is 5.32 Å². The van der Waals surface area contributed by atoms with Crippen molar-refractivity contribution in [3.63, 3.8) is 0 Å². The first kappa shape index (κ1) is 17.0. The van der Waals surface area contributed by atoms with Gasteiger partial charge in [-0.05, 0) is 25.5 Å². The zero-order valence-corrected chi connectivity index (χ0v) is 14.1. The average molecular weight is 329 g/mol. The van der Waals surface area contributed by atoms with Gasteiger partial charge in [0.05, 0.1) is 17.3 Å². The van der Waals surface area contributed by atoms with Crippen molar-refractivity contribution in [3.8, 4) is 6.07 Å². The van der Waals surface area contributed by atoms with Crippen LogP contribution in [0.1, 0.15) is 34.2 Å². The van der Waals surface area contributed by atoms with E-state index in [2.05, 4.69) is 21.7 Å². The van der Waals surface area contributed by atoms with Crippen molar-refractivity contribution in [3.05, 3.63) is 46.8 Å². The fraction of sp³-hybridized carbons (Fsp3) is 0.375. The number of nitrogens with one attached hydrogen (secondary N) is 1. The number of hydrogen-bond donors (Lipinski definition) is 1. The number of nitrogens with zero attached hydrogens (tertiary/aromatic N) is 4. The molecule has 0 aliphatic heterocycles. The molecule has 0 atom stereocenters. The highest BCUT2D eigenvalue weighted by molar-refractivity contribution is 7.98. The van der Waals surface area contributed by atoms with Gasteiger partial charge >= 0.3 is 0 Å². The molecule has 0 radical (unpaired) electrons. The SMILES string of the molecule is CCn1nnc(C)c1C(=O)NCCSCc1ccccc1C#N. The number of carbonyl (C=O) groups is 1. The topological polar surface area (TPSA) is 83.6 Å². The molecule has 0 saturated carbocycles. The largest absolute Gasteiger partial charge is 0.350 e. The van der Waals surface area contributed by atoms with Gasteiger partial charge in [0, 0.05) is 24.6 Å². The smallest absolute Gasteiger partial charge is 0.271 e. The van der Waals surface area contributed by atoms with Crippen molar-refractivity contribution in [2.45, 2.75) is 26.1 Å². The first-order chi connectivity index (χ1) is 11.2. The Kier molecular flexibility index (Phi) is 6.18. The summed E-state index contributed by atoms with van der Waals surface area (Å²) in [5, 5.41) is 19.8. The predicted molar refractivity (Wildman–Crippen MR) is 90.1 cm³/mol. The van der Waals surface area contributed by atoms with Crippen molar-refractivity contribution < 1.29 is 4.79 Å². The van der Waals surface area contributed by atoms with Gasteiger partial charge in [0.15, 0.2) is 0 Å². The first-order valence-corrected chi connectivity index (χ1v) is 8.56. The van der Waals surface area contributed by atoms with Gasteiger partial charge in [0.25, 0.3) is 5.91 Å². The summed E-state index contributed by atoms with van der Waals surface area (Å²) in [5.74, 6) is 1.39. The number of amides is 1. The van der Waals surface area contributed by atoms with Crippen LogP contribution in [0.5, 0.6) is 0 Å². The molecule has 0 unspecified atom stereocenters. The zero-order chi connectivity index (χ0) is 16.7. The molecule has 0 aliphatic rings. The van der Waals surface area contributed by atoms with E-state index in [4.69, 9.17) is 5.26 Å². The lowest BCUT2D eigenvalue weighted by Crippen LogP contribution is -2.28. The molecule has 1 heterocycles. The van der Waals surface area contributed by atoms with Gasteiger partial charge in [0.2, 0.25) is 0 Å². The predicted octanol–water partition coefficient (Wildman–Crippen LogP) is 2.14. The monoisotopic (exact) mass is 329 g/mol.